The maximum absolute atomic E-state index is 14.2. The number of pyridine rings is 1. The van der Waals surface area contributed by atoms with Crippen molar-refractivity contribution < 1.29 is 27.5 Å². The molecule has 0 radical (unpaired) electrons. The fourth-order valence-electron chi connectivity index (χ4n) is 5.87. The Morgan fingerprint density at radius 1 is 1.02 bits per heavy atom. The van der Waals surface area contributed by atoms with E-state index in [1.54, 1.807) is 17.0 Å². The molecule has 3 aliphatic rings. The van der Waals surface area contributed by atoms with Crippen molar-refractivity contribution in [3.05, 3.63) is 98.7 Å². The number of carbonyl (C=O) groups is 2. The van der Waals surface area contributed by atoms with Gasteiger partial charge in [0.15, 0.2) is 11.4 Å². The largest absolute Gasteiger partial charge is 0.482 e. The van der Waals surface area contributed by atoms with Crippen LogP contribution in [0.3, 0.4) is 0 Å². The Morgan fingerprint density at radius 3 is 2.40 bits per heavy atom. The Kier molecular flexibility index (Phi) is 6.31. The van der Waals surface area contributed by atoms with E-state index in [-0.39, 0.29) is 48.3 Å². The third-order valence-corrected chi connectivity index (χ3v) is 8.28. The summed E-state index contributed by atoms with van der Waals surface area (Å²) in [5, 5.41) is 4.30. The van der Waals surface area contributed by atoms with Crippen molar-refractivity contribution in [3.63, 3.8) is 0 Å². The number of nitrogens with one attached hydrogen (secondary N) is 1. The van der Waals surface area contributed by atoms with Crippen LogP contribution < -0.4 is 20.5 Å². The number of nitrogens with zero attached hydrogens (tertiary/aromatic N) is 3. The SMILES string of the molecule is C[C@@H]1[C@H]2CC2[C@H](C)N2CN1n1cc(C(=O)NCc3c(F)cc(F)cc3F)c(=O)c(OCc3ccccc3)c1C2=O. The summed E-state index contributed by atoms with van der Waals surface area (Å²) in [6, 6.07) is 10.1. The van der Waals surface area contributed by atoms with Crippen molar-refractivity contribution in [1.82, 2.24) is 14.9 Å². The van der Waals surface area contributed by atoms with Gasteiger partial charge in [0.25, 0.3) is 11.8 Å². The molecule has 11 heteroatoms. The lowest BCUT2D eigenvalue weighted by Crippen LogP contribution is -2.58. The van der Waals surface area contributed by atoms with E-state index in [4.69, 9.17) is 4.74 Å². The van der Waals surface area contributed by atoms with Gasteiger partial charge in [-0.1, -0.05) is 30.3 Å². The summed E-state index contributed by atoms with van der Waals surface area (Å²) < 4.78 is 49.1. The molecule has 4 atom stereocenters. The molecule has 2 aromatic carbocycles. The molecule has 1 aromatic heterocycles. The predicted octanol–water partition coefficient (Wildman–Crippen LogP) is 3.55. The Balaban J connectivity index is 1.41. The molecule has 2 bridgehead atoms. The van der Waals surface area contributed by atoms with Crippen LogP contribution in [-0.2, 0) is 13.2 Å². The monoisotopic (exact) mass is 552 g/mol. The molecule has 3 heterocycles. The highest BCUT2D eigenvalue weighted by atomic mass is 19.1. The Bertz CT molecular complexity index is 1550. The lowest BCUT2D eigenvalue weighted by atomic mass is 10.1. The number of aromatic nitrogens is 1. The second-order valence-electron chi connectivity index (χ2n) is 10.6. The Morgan fingerprint density at radius 2 is 1.70 bits per heavy atom. The summed E-state index contributed by atoms with van der Waals surface area (Å²) in [6.07, 6.45) is 2.26. The molecule has 2 fully saturated rings. The molecule has 3 aromatic rings. The average Bonchev–Trinajstić information content (AvgIpc) is 3.73. The first kappa shape index (κ1) is 26.0. The third-order valence-electron chi connectivity index (χ3n) is 8.28. The number of fused-ring (bicyclic) bond motifs is 5. The molecule has 1 saturated heterocycles. The summed E-state index contributed by atoms with van der Waals surface area (Å²) in [5.41, 5.74) is -0.942. The Hall–Kier alpha value is -4.28. The highest BCUT2D eigenvalue weighted by Crippen LogP contribution is 2.49. The predicted molar refractivity (Wildman–Crippen MR) is 139 cm³/mol. The van der Waals surface area contributed by atoms with Gasteiger partial charge in [-0.25, -0.2) is 13.2 Å². The fourth-order valence-corrected chi connectivity index (χ4v) is 5.87. The van der Waals surface area contributed by atoms with Crippen molar-refractivity contribution in [2.24, 2.45) is 11.8 Å². The van der Waals surface area contributed by atoms with Crippen LogP contribution in [0.25, 0.3) is 0 Å². The van der Waals surface area contributed by atoms with Gasteiger partial charge in [0.05, 0.1) is 0 Å². The molecule has 2 aliphatic heterocycles. The zero-order valence-corrected chi connectivity index (χ0v) is 21.9. The highest BCUT2D eigenvalue weighted by Gasteiger charge is 2.54. The zero-order chi connectivity index (χ0) is 28.3. The first-order chi connectivity index (χ1) is 19.2. The van der Waals surface area contributed by atoms with Crippen molar-refractivity contribution in [3.8, 4) is 5.75 Å². The van der Waals surface area contributed by atoms with Crippen LogP contribution in [-0.4, -0.2) is 40.1 Å². The highest BCUT2D eigenvalue weighted by molar-refractivity contribution is 5.99. The van der Waals surface area contributed by atoms with Crippen molar-refractivity contribution in [2.75, 3.05) is 11.7 Å². The van der Waals surface area contributed by atoms with E-state index >= 15 is 0 Å². The lowest BCUT2D eigenvalue weighted by molar-refractivity contribution is 0.0602. The molecule has 208 valence electrons. The van der Waals surface area contributed by atoms with E-state index in [0.717, 1.165) is 12.0 Å². The van der Waals surface area contributed by atoms with E-state index in [0.29, 0.717) is 24.0 Å². The second kappa shape index (κ2) is 9.72. The van der Waals surface area contributed by atoms with Crippen LogP contribution >= 0.6 is 0 Å². The number of hydrogen-bond acceptors (Lipinski definition) is 5. The summed E-state index contributed by atoms with van der Waals surface area (Å²) >= 11 is 0. The molecular weight excluding hydrogens is 525 g/mol. The number of ether oxygens (including phenoxy) is 1. The molecule has 1 aliphatic carbocycles. The van der Waals surface area contributed by atoms with E-state index in [1.165, 1.54) is 10.9 Å². The van der Waals surface area contributed by atoms with Gasteiger partial charge in [-0.05, 0) is 37.7 Å². The summed E-state index contributed by atoms with van der Waals surface area (Å²) in [4.78, 5) is 42.5. The molecule has 1 saturated carbocycles. The van der Waals surface area contributed by atoms with Gasteiger partial charge < -0.3 is 15.0 Å². The van der Waals surface area contributed by atoms with Gasteiger partial charge in [-0.3, -0.25) is 24.1 Å². The van der Waals surface area contributed by atoms with E-state index in [2.05, 4.69) is 5.32 Å². The average molecular weight is 553 g/mol. The third kappa shape index (κ3) is 4.29. The Labute approximate surface area is 227 Å². The van der Waals surface area contributed by atoms with Crippen LogP contribution in [0.5, 0.6) is 5.75 Å². The molecule has 2 amide bonds. The van der Waals surface area contributed by atoms with E-state index in [1.807, 2.05) is 37.1 Å². The van der Waals surface area contributed by atoms with Gasteiger partial charge in [0.1, 0.15) is 36.3 Å². The topological polar surface area (TPSA) is 83.9 Å². The fraction of sp³-hybridized carbons (Fsp3) is 0.345. The van der Waals surface area contributed by atoms with Gasteiger partial charge in [-0.2, -0.15) is 0 Å². The van der Waals surface area contributed by atoms with E-state index in [9.17, 15) is 27.6 Å². The van der Waals surface area contributed by atoms with Gasteiger partial charge in [-0.15, -0.1) is 0 Å². The minimum absolute atomic E-state index is 0.00657. The number of hydrogen-bond donors (Lipinski definition) is 1. The van der Waals surface area contributed by atoms with Crippen LogP contribution in [0.4, 0.5) is 13.2 Å². The normalized spacial score (nSPS) is 22.8. The summed E-state index contributed by atoms with van der Waals surface area (Å²) in [7, 11) is 0. The smallest absolute Gasteiger partial charge is 0.278 e. The molecule has 0 spiro atoms. The first-order valence-corrected chi connectivity index (χ1v) is 13.1. The minimum atomic E-state index is -1.16. The van der Waals surface area contributed by atoms with Crippen LogP contribution in [0.1, 0.15) is 52.2 Å². The summed E-state index contributed by atoms with van der Waals surface area (Å²) in [6.45, 7) is 3.68. The van der Waals surface area contributed by atoms with Crippen LogP contribution in [0.2, 0.25) is 0 Å². The molecule has 1 unspecified atom stereocenters. The van der Waals surface area contributed by atoms with Gasteiger partial charge >= 0.3 is 0 Å². The zero-order valence-electron chi connectivity index (χ0n) is 21.9. The number of benzene rings is 2. The van der Waals surface area contributed by atoms with Crippen molar-refractivity contribution in [2.45, 2.75) is 45.5 Å². The first-order valence-electron chi connectivity index (χ1n) is 13.1. The van der Waals surface area contributed by atoms with Crippen molar-refractivity contribution in [1.29, 1.82) is 0 Å². The number of carbonyl (C=O) groups excluding carboxylic acids is 2. The number of amides is 2. The molecule has 40 heavy (non-hydrogen) atoms. The maximum atomic E-state index is 14.2. The molecule has 8 nitrogen and oxygen atoms in total. The van der Waals surface area contributed by atoms with Crippen LogP contribution in [0, 0.1) is 29.3 Å². The minimum Gasteiger partial charge on any atom is -0.482 e. The van der Waals surface area contributed by atoms with Crippen molar-refractivity contribution >= 4 is 11.8 Å². The second-order valence-corrected chi connectivity index (χ2v) is 10.6. The van der Waals surface area contributed by atoms with Gasteiger partial charge in [0.2, 0.25) is 5.43 Å². The van der Waals surface area contributed by atoms with E-state index < -0.39 is 40.9 Å². The number of rotatable bonds is 6. The number of halogens is 3. The molecule has 6 rings (SSSR count). The maximum Gasteiger partial charge on any atom is 0.278 e. The molecule has 1 N–H and O–H groups in total. The van der Waals surface area contributed by atoms with Gasteiger partial charge in [0, 0.05) is 42.5 Å². The lowest BCUT2D eigenvalue weighted by Gasteiger charge is -2.43. The van der Waals surface area contributed by atoms with Crippen LogP contribution in [0.15, 0.2) is 53.5 Å². The molecular formula is C29H27F3N4O4. The quantitative estimate of drug-likeness (QED) is 0.506. The standard InChI is InChI=1S/C29H27F3N4O4/c1-15-19-10-20(19)16(2)36-14-34(15)29(39)25-27(40-13-17-6-4-3-5-7-17)26(37)22(12-35(25)36)28(38)33-11-21-23(31)8-18(30)9-24(21)32/h3-9,12,15-16,19-20H,10-11,13-14H2,1-2H3,(H,33,38)/t15-,16+,19?,20+/m0/s1. The summed E-state index contributed by atoms with van der Waals surface area (Å²) in [5.74, 6) is -4.29.